The Kier molecular flexibility index (Phi) is 4.57. The molecule has 4 nitrogen and oxygen atoms in total. The van der Waals surface area contributed by atoms with E-state index in [1.54, 1.807) is 6.07 Å². The van der Waals surface area contributed by atoms with Crippen molar-refractivity contribution in [1.82, 2.24) is 15.3 Å². The molecule has 1 aromatic heterocycles. The molecule has 6 heteroatoms. The predicted octanol–water partition coefficient (Wildman–Crippen LogP) is 2.46. The Morgan fingerprint density at radius 1 is 1.20 bits per heavy atom. The summed E-state index contributed by atoms with van der Waals surface area (Å²) in [6, 6.07) is 5.10. The Bertz CT molecular complexity index is 592. The molecule has 0 radical (unpaired) electrons. The number of nitrogens with zero attached hydrogens (tertiary/aromatic N) is 2. The van der Waals surface area contributed by atoms with Crippen LogP contribution in [0.25, 0.3) is 0 Å². The first-order valence-corrected chi connectivity index (χ1v) is 6.20. The maximum absolute atomic E-state index is 13.4. The van der Waals surface area contributed by atoms with E-state index in [1.807, 2.05) is 6.92 Å². The van der Waals surface area contributed by atoms with Crippen molar-refractivity contribution >= 4 is 0 Å². The molecule has 0 aliphatic heterocycles. The fourth-order valence-electron chi connectivity index (χ4n) is 1.91. The number of aromatic nitrogens is 2. The Morgan fingerprint density at radius 2 is 2.00 bits per heavy atom. The third-order valence-corrected chi connectivity index (χ3v) is 2.85. The molecule has 2 rings (SSSR count). The topological polar surface area (TPSA) is 47.0 Å². The van der Waals surface area contributed by atoms with Crippen LogP contribution >= 0.6 is 0 Å². The molecule has 106 valence electrons. The highest BCUT2D eigenvalue weighted by Gasteiger charge is 2.17. The lowest BCUT2D eigenvalue weighted by Crippen LogP contribution is -2.23. The van der Waals surface area contributed by atoms with Crippen molar-refractivity contribution < 1.29 is 13.5 Å². The van der Waals surface area contributed by atoms with Crippen LogP contribution in [-0.2, 0) is 0 Å². The number of rotatable bonds is 5. The summed E-state index contributed by atoms with van der Waals surface area (Å²) in [5.74, 6) is -1.34. The van der Waals surface area contributed by atoms with E-state index in [2.05, 4.69) is 15.3 Å². The Hall–Kier alpha value is -2.08. The van der Waals surface area contributed by atoms with Gasteiger partial charge < -0.3 is 10.1 Å². The Balaban J connectivity index is 2.41. The maximum Gasteiger partial charge on any atom is 0.216 e. The van der Waals surface area contributed by atoms with E-state index in [9.17, 15) is 8.78 Å². The minimum atomic E-state index is -0.883. The van der Waals surface area contributed by atoms with Gasteiger partial charge in [0.1, 0.15) is 6.33 Å². The van der Waals surface area contributed by atoms with Crippen molar-refractivity contribution in [2.75, 3.05) is 13.7 Å². The van der Waals surface area contributed by atoms with Gasteiger partial charge >= 0.3 is 0 Å². The van der Waals surface area contributed by atoms with Crippen LogP contribution in [0.3, 0.4) is 0 Å². The lowest BCUT2D eigenvalue weighted by atomic mass is 10.0. The number of benzene rings is 1. The summed E-state index contributed by atoms with van der Waals surface area (Å²) >= 11 is 0. The molecule has 2 aromatic rings. The number of halogens is 2. The van der Waals surface area contributed by atoms with Gasteiger partial charge in [-0.2, -0.15) is 0 Å². The van der Waals surface area contributed by atoms with Crippen molar-refractivity contribution in [2.45, 2.75) is 13.0 Å². The fraction of sp³-hybridized carbons (Fsp3) is 0.286. The average molecular weight is 279 g/mol. The average Bonchev–Trinajstić information content (AvgIpc) is 2.48. The molecule has 1 heterocycles. The highest BCUT2D eigenvalue weighted by Crippen LogP contribution is 2.23. The van der Waals surface area contributed by atoms with Gasteiger partial charge in [-0.05, 0) is 24.2 Å². The number of hydrogen-bond acceptors (Lipinski definition) is 4. The standard InChI is InChI=1S/C14H15F2N3O/c1-3-17-14(9-4-5-10(15)11(16)6-9)12-7-13(20-2)19-8-18-12/h4-8,14,17H,3H2,1-2H3. The van der Waals surface area contributed by atoms with Gasteiger partial charge in [0.25, 0.3) is 0 Å². The predicted molar refractivity (Wildman–Crippen MR) is 70.5 cm³/mol. The number of hydrogen-bond donors (Lipinski definition) is 1. The maximum atomic E-state index is 13.4. The molecule has 1 unspecified atom stereocenters. The van der Waals surface area contributed by atoms with Gasteiger partial charge in [-0.15, -0.1) is 0 Å². The van der Waals surface area contributed by atoms with Gasteiger partial charge in [0.2, 0.25) is 5.88 Å². The van der Waals surface area contributed by atoms with Crippen LogP contribution in [0.1, 0.15) is 24.2 Å². The van der Waals surface area contributed by atoms with Crippen molar-refractivity contribution in [3.63, 3.8) is 0 Å². The summed E-state index contributed by atoms with van der Waals surface area (Å²) in [6.45, 7) is 2.57. The van der Waals surface area contributed by atoms with E-state index in [-0.39, 0.29) is 6.04 Å². The SMILES string of the molecule is CCNC(c1ccc(F)c(F)c1)c1cc(OC)ncn1. The van der Waals surface area contributed by atoms with Crippen LogP contribution in [0.15, 0.2) is 30.6 Å². The van der Waals surface area contributed by atoms with E-state index in [4.69, 9.17) is 4.74 Å². The fourth-order valence-corrected chi connectivity index (χ4v) is 1.91. The highest BCUT2D eigenvalue weighted by atomic mass is 19.2. The summed E-state index contributed by atoms with van der Waals surface area (Å²) < 4.78 is 31.5. The molecule has 0 aliphatic rings. The van der Waals surface area contributed by atoms with Crippen LogP contribution in [0.5, 0.6) is 5.88 Å². The summed E-state index contributed by atoms with van der Waals surface area (Å²) in [7, 11) is 1.51. The van der Waals surface area contributed by atoms with Gasteiger partial charge in [-0.25, -0.2) is 18.7 Å². The van der Waals surface area contributed by atoms with E-state index >= 15 is 0 Å². The van der Waals surface area contributed by atoms with Crippen molar-refractivity contribution in [2.24, 2.45) is 0 Å². The molecule has 1 N–H and O–H groups in total. The summed E-state index contributed by atoms with van der Waals surface area (Å²) in [5.41, 5.74) is 1.22. The second-order valence-electron chi connectivity index (χ2n) is 4.15. The zero-order valence-electron chi connectivity index (χ0n) is 11.2. The van der Waals surface area contributed by atoms with E-state index < -0.39 is 11.6 Å². The first kappa shape index (κ1) is 14.3. The van der Waals surface area contributed by atoms with Crippen LogP contribution in [0, 0.1) is 11.6 Å². The monoisotopic (exact) mass is 279 g/mol. The molecule has 0 saturated heterocycles. The molecular formula is C14H15F2N3O. The number of methoxy groups -OCH3 is 1. The third-order valence-electron chi connectivity index (χ3n) is 2.85. The lowest BCUT2D eigenvalue weighted by Gasteiger charge is -2.18. The summed E-state index contributed by atoms with van der Waals surface area (Å²) in [4.78, 5) is 8.10. The van der Waals surface area contributed by atoms with Gasteiger partial charge in [0, 0.05) is 6.07 Å². The Labute approximate surface area is 115 Å². The Morgan fingerprint density at radius 3 is 2.65 bits per heavy atom. The lowest BCUT2D eigenvalue weighted by molar-refractivity contribution is 0.395. The van der Waals surface area contributed by atoms with Crippen molar-refractivity contribution in [3.8, 4) is 5.88 Å². The van der Waals surface area contributed by atoms with E-state index in [1.165, 1.54) is 19.5 Å². The minimum Gasteiger partial charge on any atom is -0.481 e. The quantitative estimate of drug-likeness (QED) is 0.913. The summed E-state index contributed by atoms with van der Waals surface area (Å²) in [6.07, 6.45) is 1.37. The molecule has 0 fully saturated rings. The van der Waals surface area contributed by atoms with Gasteiger partial charge in [0.05, 0.1) is 18.8 Å². The smallest absolute Gasteiger partial charge is 0.216 e. The highest BCUT2D eigenvalue weighted by molar-refractivity contribution is 5.30. The zero-order chi connectivity index (χ0) is 14.5. The first-order valence-electron chi connectivity index (χ1n) is 6.20. The van der Waals surface area contributed by atoms with Crippen molar-refractivity contribution in [1.29, 1.82) is 0 Å². The van der Waals surface area contributed by atoms with E-state index in [0.29, 0.717) is 23.7 Å². The molecule has 0 bridgehead atoms. The second kappa shape index (κ2) is 6.38. The first-order chi connectivity index (χ1) is 9.65. The summed E-state index contributed by atoms with van der Waals surface area (Å²) in [5, 5.41) is 3.18. The van der Waals surface area contributed by atoms with E-state index in [0.717, 1.165) is 12.1 Å². The third kappa shape index (κ3) is 3.08. The van der Waals surface area contributed by atoms with Gasteiger partial charge in [-0.3, -0.25) is 0 Å². The minimum absolute atomic E-state index is 0.355. The molecule has 0 saturated carbocycles. The van der Waals surface area contributed by atoms with Gasteiger partial charge in [0.15, 0.2) is 11.6 Å². The zero-order valence-corrected chi connectivity index (χ0v) is 11.2. The molecular weight excluding hydrogens is 264 g/mol. The van der Waals surface area contributed by atoms with Crippen LogP contribution in [-0.4, -0.2) is 23.6 Å². The van der Waals surface area contributed by atoms with Gasteiger partial charge in [-0.1, -0.05) is 13.0 Å². The molecule has 0 aliphatic carbocycles. The number of ether oxygens (including phenoxy) is 1. The number of nitrogens with one attached hydrogen (secondary N) is 1. The van der Waals surface area contributed by atoms with Crippen molar-refractivity contribution in [3.05, 3.63) is 53.5 Å². The molecule has 20 heavy (non-hydrogen) atoms. The van der Waals surface area contributed by atoms with Crippen LogP contribution in [0.2, 0.25) is 0 Å². The van der Waals surface area contributed by atoms with Crippen LogP contribution < -0.4 is 10.1 Å². The largest absolute Gasteiger partial charge is 0.481 e. The van der Waals surface area contributed by atoms with Crippen LogP contribution in [0.4, 0.5) is 8.78 Å². The molecule has 0 amide bonds. The normalized spacial score (nSPS) is 12.2. The second-order valence-corrected chi connectivity index (χ2v) is 4.15. The molecule has 1 atom stereocenters. The molecule has 0 spiro atoms. The molecule has 1 aromatic carbocycles.